The number of pyridine rings is 1. The third-order valence-corrected chi connectivity index (χ3v) is 6.70. The Bertz CT molecular complexity index is 974. The summed E-state index contributed by atoms with van der Waals surface area (Å²) in [6.07, 6.45) is -0.673. The zero-order valence-corrected chi connectivity index (χ0v) is 17.3. The van der Waals surface area contributed by atoms with Crippen LogP contribution in [-0.2, 0) is 6.11 Å². The Balaban J connectivity index is 1.32. The molecule has 5 rings (SSSR count). The van der Waals surface area contributed by atoms with E-state index in [-0.39, 0.29) is 42.7 Å². The number of hydrogen-bond donors (Lipinski definition) is 1. The number of nitrogen functional groups attached to an aromatic ring is 1. The van der Waals surface area contributed by atoms with Crippen molar-refractivity contribution in [3.8, 4) is 5.75 Å². The van der Waals surface area contributed by atoms with Crippen molar-refractivity contribution in [2.24, 2.45) is 11.8 Å². The number of ether oxygens (including phenoxy) is 1. The number of hydrogen-bond acceptors (Lipinski definition) is 5. The Morgan fingerprint density at radius 2 is 1.87 bits per heavy atom. The van der Waals surface area contributed by atoms with Crippen LogP contribution in [0.1, 0.15) is 50.0 Å². The van der Waals surface area contributed by atoms with Crippen LogP contribution in [0.25, 0.3) is 0 Å². The van der Waals surface area contributed by atoms with Crippen LogP contribution in [0.2, 0.25) is 0 Å². The standard InChI is InChI=1S/C21H25F4N5O/c1-11(2)30-16(19-14-5-12(6-15(14)19)29-9-20(22,23)10-29)8-17(28-30)21(24,25)31-13-3-4-27-18(26)7-13/h3-4,7-8,11-12,14-15,19H,5-6,9-10H2,1-2H3,(H2,26,27). The number of likely N-dealkylation sites (tertiary alicyclic amines) is 1. The minimum absolute atomic E-state index is 0.0852. The van der Waals surface area contributed by atoms with Crippen molar-refractivity contribution in [3.63, 3.8) is 0 Å². The maximum atomic E-state index is 14.9. The fourth-order valence-electron chi connectivity index (χ4n) is 5.26. The number of halogens is 4. The fraction of sp³-hybridized carbons (Fsp3) is 0.619. The smallest absolute Gasteiger partial charge is 0.428 e. The molecular weight excluding hydrogens is 414 g/mol. The molecule has 6 nitrogen and oxygen atoms in total. The van der Waals surface area contributed by atoms with Crippen LogP contribution in [0.3, 0.4) is 0 Å². The van der Waals surface area contributed by atoms with Gasteiger partial charge in [-0.3, -0.25) is 9.58 Å². The number of nitrogens with zero attached hydrogens (tertiary/aromatic N) is 4. The maximum Gasteiger partial charge on any atom is 0.446 e. The topological polar surface area (TPSA) is 69.2 Å². The van der Waals surface area contributed by atoms with E-state index in [1.807, 2.05) is 18.7 Å². The molecule has 2 saturated carbocycles. The Labute approximate surface area is 177 Å². The lowest BCUT2D eigenvalue weighted by Gasteiger charge is -2.43. The van der Waals surface area contributed by atoms with Gasteiger partial charge < -0.3 is 10.5 Å². The van der Waals surface area contributed by atoms with Gasteiger partial charge in [0.05, 0.1) is 13.1 Å². The van der Waals surface area contributed by atoms with Crippen molar-refractivity contribution in [2.75, 3.05) is 18.8 Å². The Morgan fingerprint density at radius 3 is 2.45 bits per heavy atom. The highest BCUT2D eigenvalue weighted by Gasteiger charge is 2.61. The van der Waals surface area contributed by atoms with Gasteiger partial charge in [0.1, 0.15) is 11.6 Å². The predicted molar refractivity (Wildman–Crippen MR) is 105 cm³/mol. The summed E-state index contributed by atoms with van der Waals surface area (Å²) in [5.41, 5.74) is 5.86. The number of nitrogens with two attached hydrogens (primary N) is 1. The van der Waals surface area contributed by atoms with Crippen molar-refractivity contribution in [3.05, 3.63) is 35.8 Å². The third-order valence-electron chi connectivity index (χ3n) is 6.70. The molecule has 3 fully saturated rings. The zero-order valence-electron chi connectivity index (χ0n) is 17.3. The van der Waals surface area contributed by atoms with Crippen LogP contribution in [0.15, 0.2) is 24.4 Å². The molecule has 0 spiro atoms. The van der Waals surface area contributed by atoms with Crippen LogP contribution in [0.5, 0.6) is 5.75 Å². The minimum atomic E-state index is -3.63. The van der Waals surface area contributed by atoms with Crippen molar-refractivity contribution in [1.82, 2.24) is 19.7 Å². The highest BCUT2D eigenvalue weighted by molar-refractivity contribution is 5.36. The highest BCUT2D eigenvalue weighted by atomic mass is 19.3. The number of anilines is 1. The quantitative estimate of drug-likeness (QED) is 0.689. The summed E-state index contributed by atoms with van der Waals surface area (Å²) < 4.78 is 62.6. The van der Waals surface area contributed by atoms with Crippen LogP contribution in [0, 0.1) is 11.8 Å². The number of aromatic nitrogens is 3. The molecule has 168 valence electrons. The molecule has 2 unspecified atom stereocenters. The summed E-state index contributed by atoms with van der Waals surface area (Å²) >= 11 is 0. The van der Waals surface area contributed by atoms with E-state index < -0.39 is 17.7 Å². The first-order valence-electron chi connectivity index (χ1n) is 10.5. The van der Waals surface area contributed by atoms with Gasteiger partial charge in [-0.05, 0) is 50.7 Å². The average molecular weight is 439 g/mol. The van der Waals surface area contributed by atoms with Gasteiger partial charge in [0.2, 0.25) is 0 Å². The van der Waals surface area contributed by atoms with Crippen LogP contribution >= 0.6 is 0 Å². The zero-order chi connectivity index (χ0) is 22.1. The summed E-state index contributed by atoms with van der Waals surface area (Å²) in [7, 11) is 0. The van der Waals surface area contributed by atoms with Gasteiger partial charge in [-0.2, -0.15) is 13.9 Å². The Morgan fingerprint density at radius 1 is 1.19 bits per heavy atom. The first-order chi connectivity index (χ1) is 14.5. The summed E-state index contributed by atoms with van der Waals surface area (Å²) in [4.78, 5) is 5.62. The van der Waals surface area contributed by atoms with Crippen molar-refractivity contribution in [2.45, 2.75) is 56.7 Å². The Kier molecular flexibility index (Phi) is 4.52. The lowest BCUT2D eigenvalue weighted by Crippen LogP contribution is -2.59. The van der Waals surface area contributed by atoms with E-state index in [4.69, 9.17) is 10.5 Å². The van der Waals surface area contributed by atoms with Crippen LogP contribution < -0.4 is 10.5 Å². The summed E-state index contributed by atoms with van der Waals surface area (Å²) in [5, 5.41) is 4.17. The van der Waals surface area contributed by atoms with E-state index in [1.165, 1.54) is 24.4 Å². The van der Waals surface area contributed by atoms with Gasteiger partial charge in [0.25, 0.3) is 5.92 Å². The van der Waals surface area contributed by atoms with Gasteiger partial charge >= 0.3 is 6.11 Å². The molecule has 0 radical (unpaired) electrons. The van der Waals surface area contributed by atoms with Crippen LogP contribution in [0.4, 0.5) is 23.4 Å². The van der Waals surface area contributed by atoms with E-state index in [0.717, 1.165) is 18.5 Å². The van der Waals surface area contributed by atoms with E-state index in [2.05, 4.69) is 10.1 Å². The van der Waals surface area contributed by atoms with Crippen molar-refractivity contribution >= 4 is 5.82 Å². The lowest BCUT2D eigenvalue weighted by atomic mass is 9.99. The third kappa shape index (κ3) is 3.64. The molecule has 2 N–H and O–H groups in total. The van der Waals surface area contributed by atoms with E-state index in [0.29, 0.717) is 11.8 Å². The van der Waals surface area contributed by atoms with Crippen molar-refractivity contribution < 1.29 is 22.3 Å². The van der Waals surface area contributed by atoms with Crippen LogP contribution in [-0.4, -0.2) is 44.7 Å². The van der Waals surface area contributed by atoms with E-state index in [1.54, 1.807) is 4.68 Å². The molecule has 2 aromatic heterocycles. The molecule has 0 aromatic carbocycles. The molecule has 0 bridgehead atoms. The lowest BCUT2D eigenvalue weighted by molar-refractivity contribution is -0.188. The molecule has 0 amide bonds. The molecule has 31 heavy (non-hydrogen) atoms. The predicted octanol–water partition coefficient (Wildman–Crippen LogP) is 4.01. The molecule has 1 saturated heterocycles. The first-order valence-corrected chi connectivity index (χ1v) is 10.5. The van der Waals surface area contributed by atoms with Crippen molar-refractivity contribution in [1.29, 1.82) is 0 Å². The largest absolute Gasteiger partial charge is 0.446 e. The second-order valence-corrected chi connectivity index (χ2v) is 9.27. The number of rotatable bonds is 6. The molecule has 10 heteroatoms. The SMILES string of the molecule is CC(C)n1nc(C(F)(F)Oc2ccnc(N)c2)cc1C1C2CC(N3CC(F)(F)C3)CC21. The van der Waals surface area contributed by atoms with Gasteiger partial charge in [0.15, 0.2) is 5.69 Å². The molecule has 2 atom stereocenters. The Hall–Kier alpha value is -2.36. The molecule has 1 aliphatic heterocycles. The van der Waals surface area contributed by atoms with Gasteiger partial charge in [0, 0.05) is 36.0 Å². The molecule has 2 aliphatic carbocycles. The highest BCUT2D eigenvalue weighted by Crippen LogP contribution is 2.64. The molecular formula is C21H25F4N5O. The van der Waals surface area contributed by atoms with Gasteiger partial charge in [-0.25, -0.2) is 13.8 Å². The number of fused-ring (bicyclic) bond motifs is 1. The van der Waals surface area contributed by atoms with Gasteiger partial charge in [-0.1, -0.05) is 0 Å². The summed E-state index contributed by atoms with van der Waals surface area (Å²) in [6.45, 7) is 3.45. The molecule has 2 aromatic rings. The molecule has 3 aliphatic rings. The minimum Gasteiger partial charge on any atom is -0.428 e. The normalized spacial score (nSPS) is 29.6. The molecule has 3 heterocycles. The second kappa shape index (κ2) is 6.82. The summed E-state index contributed by atoms with van der Waals surface area (Å²) in [6, 6.07) is 4.05. The summed E-state index contributed by atoms with van der Waals surface area (Å²) in [5.74, 6) is -1.78. The maximum absolute atomic E-state index is 14.9. The number of alkyl halides is 4. The monoisotopic (exact) mass is 439 g/mol. The van der Waals surface area contributed by atoms with Gasteiger partial charge in [-0.15, -0.1) is 0 Å². The second-order valence-electron chi connectivity index (χ2n) is 9.27. The average Bonchev–Trinajstić information content (AvgIpc) is 3.03. The van der Waals surface area contributed by atoms with E-state index >= 15 is 0 Å². The first kappa shape index (κ1) is 20.5. The fourth-order valence-corrected chi connectivity index (χ4v) is 5.26. The van der Waals surface area contributed by atoms with E-state index in [9.17, 15) is 17.6 Å².